The van der Waals surface area contributed by atoms with Crippen LogP contribution in [-0.4, -0.2) is 24.9 Å². The van der Waals surface area contributed by atoms with Gasteiger partial charge in [0.05, 0.1) is 19.8 Å². The molecule has 1 aromatic rings. The minimum atomic E-state index is -0.0303. The van der Waals surface area contributed by atoms with E-state index in [2.05, 4.69) is 26.1 Å². The van der Waals surface area contributed by atoms with Gasteiger partial charge in [0, 0.05) is 6.04 Å². The van der Waals surface area contributed by atoms with Gasteiger partial charge >= 0.3 is 0 Å². The summed E-state index contributed by atoms with van der Waals surface area (Å²) in [6.07, 6.45) is 2.32. The molecule has 3 heteroatoms. The van der Waals surface area contributed by atoms with Crippen LogP contribution in [0, 0.1) is 5.92 Å². The smallest absolute Gasteiger partial charge is 0.119 e. The number of aliphatic hydroxyl groups excluding tert-OH is 1. The van der Waals surface area contributed by atoms with Gasteiger partial charge in [-0.05, 0) is 43.4 Å². The molecule has 2 atom stereocenters. The fourth-order valence-electron chi connectivity index (χ4n) is 2.12. The molecule has 19 heavy (non-hydrogen) atoms. The Balaban J connectivity index is 2.61. The number of methoxy groups -OCH3 is 1. The highest BCUT2D eigenvalue weighted by molar-refractivity contribution is 5.30. The number of benzene rings is 1. The number of hydrogen-bond acceptors (Lipinski definition) is 3. The van der Waals surface area contributed by atoms with E-state index in [0.717, 1.165) is 17.7 Å². The molecule has 0 fully saturated rings. The van der Waals surface area contributed by atoms with Gasteiger partial charge in [-0.2, -0.15) is 0 Å². The monoisotopic (exact) mass is 265 g/mol. The quantitative estimate of drug-likeness (QED) is 0.758. The minimum absolute atomic E-state index is 0.0303. The average Bonchev–Trinajstić information content (AvgIpc) is 2.42. The maximum atomic E-state index is 9.57. The van der Waals surface area contributed by atoms with E-state index >= 15 is 0 Å². The molecule has 0 radical (unpaired) electrons. The van der Waals surface area contributed by atoms with E-state index in [1.807, 2.05) is 24.3 Å². The number of aliphatic hydroxyl groups is 1. The lowest BCUT2D eigenvalue weighted by Crippen LogP contribution is -2.32. The fourth-order valence-corrected chi connectivity index (χ4v) is 2.12. The number of ether oxygens (including phenoxy) is 1. The molecule has 0 aromatic heterocycles. The van der Waals surface area contributed by atoms with E-state index in [9.17, 15) is 5.11 Å². The van der Waals surface area contributed by atoms with Crippen molar-refractivity contribution in [2.45, 2.75) is 45.7 Å². The Bertz CT molecular complexity index is 366. The van der Waals surface area contributed by atoms with Crippen molar-refractivity contribution in [1.29, 1.82) is 0 Å². The first-order valence-electron chi connectivity index (χ1n) is 7.07. The predicted molar refractivity (Wildman–Crippen MR) is 79.5 cm³/mol. The summed E-state index contributed by atoms with van der Waals surface area (Å²) in [5.41, 5.74) is 1.07. The molecular formula is C16H27NO2. The molecule has 2 N–H and O–H groups in total. The third kappa shape index (κ3) is 5.62. The Morgan fingerprint density at radius 3 is 2.53 bits per heavy atom. The van der Waals surface area contributed by atoms with Gasteiger partial charge in [0.2, 0.25) is 0 Å². The zero-order valence-electron chi connectivity index (χ0n) is 12.5. The summed E-state index contributed by atoms with van der Waals surface area (Å²) in [4.78, 5) is 0. The lowest BCUT2D eigenvalue weighted by Gasteiger charge is -2.23. The fraction of sp³-hybridized carbons (Fsp3) is 0.625. The SMILES string of the molecule is COc1cccc(C(CO)NC(C)CCC(C)C)c1. The summed E-state index contributed by atoms with van der Waals surface area (Å²) in [6.45, 7) is 6.74. The van der Waals surface area contributed by atoms with Crippen molar-refractivity contribution in [1.82, 2.24) is 5.32 Å². The molecule has 0 spiro atoms. The van der Waals surface area contributed by atoms with E-state index in [1.54, 1.807) is 7.11 Å². The molecule has 0 aliphatic carbocycles. The van der Waals surface area contributed by atoms with Crippen LogP contribution in [0.15, 0.2) is 24.3 Å². The van der Waals surface area contributed by atoms with Crippen molar-refractivity contribution in [2.24, 2.45) is 5.92 Å². The first kappa shape index (κ1) is 16.0. The molecule has 108 valence electrons. The maximum Gasteiger partial charge on any atom is 0.119 e. The Morgan fingerprint density at radius 2 is 1.95 bits per heavy atom. The lowest BCUT2D eigenvalue weighted by molar-refractivity contribution is 0.231. The van der Waals surface area contributed by atoms with Gasteiger partial charge in [0.1, 0.15) is 5.75 Å². The molecule has 0 bridgehead atoms. The largest absolute Gasteiger partial charge is 0.497 e. The van der Waals surface area contributed by atoms with Gasteiger partial charge in [-0.3, -0.25) is 0 Å². The molecule has 2 unspecified atom stereocenters. The summed E-state index contributed by atoms with van der Waals surface area (Å²) in [5.74, 6) is 1.54. The van der Waals surface area contributed by atoms with E-state index in [-0.39, 0.29) is 12.6 Å². The lowest BCUT2D eigenvalue weighted by atomic mass is 10.0. The zero-order valence-corrected chi connectivity index (χ0v) is 12.5. The van der Waals surface area contributed by atoms with Crippen molar-refractivity contribution >= 4 is 0 Å². The second kappa shape index (κ2) is 8.18. The zero-order chi connectivity index (χ0) is 14.3. The molecule has 0 saturated carbocycles. The molecule has 0 saturated heterocycles. The van der Waals surface area contributed by atoms with E-state index in [4.69, 9.17) is 4.74 Å². The third-order valence-electron chi connectivity index (χ3n) is 3.34. The summed E-state index contributed by atoms with van der Waals surface area (Å²) in [6, 6.07) is 8.23. The normalized spacial score (nSPS) is 14.4. The highest BCUT2D eigenvalue weighted by atomic mass is 16.5. The van der Waals surface area contributed by atoms with Crippen LogP contribution < -0.4 is 10.1 Å². The number of nitrogens with one attached hydrogen (secondary N) is 1. The van der Waals surface area contributed by atoms with Crippen molar-refractivity contribution in [3.8, 4) is 5.75 Å². The summed E-state index contributed by atoms with van der Waals surface area (Å²) >= 11 is 0. The molecular weight excluding hydrogens is 238 g/mol. The van der Waals surface area contributed by atoms with Crippen LogP contribution in [0.3, 0.4) is 0 Å². The van der Waals surface area contributed by atoms with Gasteiger partial charge in [-0.1, -0.05) is 26.0 Å². The third-order valence-corrected chi connectivity index (χ3v) is 3.34. The van der Waals surface area contributed by atoms with E-state index < -0.39 is 0 Å². The van der Waals surface area contributed by atoms with E-state index in [1.165, 1.54) is 6.42 Å². The average molecular weight is 265 g/mol. The van der Waals surface area contributed by atoms with Crippen LogP contribution >= 0.6 is 0 Å². The van der Waals surface area contributed by atoms with Crippen molar-refractivity contribution in [3.05, 3.63) is 29.8 Å². The molecule has 0 amide bonds. The molecule has 1 aromatic carbocycles. The van der Waals surface area contributed by atoms with Gasteiger partial charge in [-0.25, -0.2) is 0 Å². The Morgan fingerprint density at radius 1 is 1.21 bits per heavy atom. The predicted octanol–water partition coefficient (Wildman–Crippen LogP) is 3.14. The molecule has 0 aliphatic heterocycles. The molecule has 3 nitrogen and oxygen atoms in total. The second-order valence-electron chi connectivity index (χ2n) is 5.55. The number of rotatable bonds is 8. The van der Waals surface area contributed by atoms with Crippen LogP contribution in [0.2, 0.25) is 0 Å². The molecule has 0 heterocycles. The van der Waals surface area contributed by atoms with Crippen LogP contribution in [-0.2, 0) is 0 Å². The highest BCUT2D eigenvalue weighted by Crippen LogP contribution is 2.20. The van der Waals surface area contributed by atoms with E-state index in [0.29, 0.717) is 12.0 Å². The maximum absolute atomic E-state index is 9.57. The van der Waals surface area contributed by atoms with Crippen molar-refractivity contribution < 1.29 is 9.84 Å². The van der Waals surface area contributed by atoms with Crippen molar-refractivity contribution in [3.63, 3.8) is 0 Å². The number of hydrogen-bond donors (Lipinski definition) is 2. The van der Waals surface area contributed by atoms with Crippen LogP contribution in [0.4, 0.5) is 0 Å². The first-order valence-corrected chi connectivity index (χ1v) is 7.07. The Kier molecular flexibility index (Phi) is 6.89. The highest BCUT2D eigenvalue weighted by Gasteiger charge is 2.14. The second-order valence-corrected chi connectivity index (χ2v) is 5.55. The first-order chi connectivity index (χ1) is 9.06. The van der Waals surface area contributed by atoms with Crippen molar-refractivity contribution in [2.75, 3.05) is 13.7 Å². The van der Waals surface area contributed by atoms with Crippen LogP contribution in [0.25, 0.3) is 0 Å². The minimum Gasteiger partial charge on any atom is -0.497 e. The van der Waals surface area contributed by atoms with Crippen LogP contribution in [0.5, 0.6) is 5.75 Å². The topological polar surface area (TPSA) is 41.5 Å². The molecule has 0 aliphatic rings. The Hall–Kier alpha value is -1.06. The molecule has 1 rings (SSSR count). The standard InChI is InChI=1S/C16H27NO2/c1-12(2)8-9-13(3)17-16(11-18)14-6-5-7-15(10-14)19-4/h5-7,10,12-13,16-18H,8-9,11H2,1-4H3. The Labute approximate surface area is 117 Å². The summed E-state index contributed by atoms with van der Waals surface area (Å²) < 4.78 is 5.22. The summed E-state index contributed by atoms with van der Waals surface area (Å²) in [5, 5.41) is 13.1. The van der Waals surface area contributed by atoms with Gasteiger partial charge in [0.25, 0.3) is 0 Å². The summed E-state index contributed by atoms with van der Waals surface area (Å²) in [7, 11) is 1.66. The van der Waals surface area contributed by atoms with Gasteiger partial charge < -0.3 is 15.2 Å². The van der Waals surface area contributed by atoms with Gasteiger partial charge in [-0.15, -0.1) is 0 Å². The van der Waals surface area contributed by atoms with Gasteiger partial charge in [0.15, 0.2) is 0 Å². The van der Waals surface area contributed by atoms with Crippen LogP contribution in [0.1, 0.15) is 45.2 Å².